The van der Waals surface area contributed by atoms with Crippen molar-refractivity contribution in [2.75, 3.05) is 5.32 Å². The summed E-state index contributed by atoms with van der Waals surface area (Å²) in [4.78, 5) is 20.7. The Labute approximate surface area is 143 Å². The van der Waals surface area contributed by atoms with Crippen molar-refractivity contribution >= 4 is 23.3 Å². The van der Waals surface area contributed by atoms with Gasteiger partial charge in [0.15, 0.2) is 0 Å². The number of carbonyl (C=O) groups is 1. The Hall–Kier alpha value is -2.73. The number of nitrogens with zero attached hydrogens (tertiary/aromatic N) is 4. The number of carbonyl (C=O) groups excluding carboxylic acids is 1. The third kappa shape index (κ3) is 2.45. The smallest absolute Gasteiger partial charge is 0.252 e. The lowest BCUT2D eigenvalue weighted by atomic mass is 9.86. The van der Waals surface area contributed by atoms with Crippen LogP contribution in [0, 0.1) is 6.92 Å². The van der Waals surface area contributed by atoms with E-state index in [1.54, 1.807) is 23.1 Å². The van der Waals surface area contributed by atoms with Gasteiger partial charge in [-0.25, -0.2) is 9.97 Å². The fourth-order valence-corrected chi connectivity index (χ4v) is 3.30. The van der Waals surface area contributed by atoms with E-state index in [4.69, 9.17) is 11.6 Å². The van der Waals surface area contributed by atoms with Gasteiger partial charge < -0.3 is 5.32 Å². The number of hydrogen-bond donors (Lipinski definition) is 1. The maximum Gasteiger partial charge on any atom is 0.252 e. The van der Waals surface area contributed by atoms with Crippen LogP contribution in [0.15, 0.2) is 42.7 Å². The standard InChI is InChI=1S/C17H14ClN5O/c1-10-15-13(11-4-2-5-12(18)8-11)9-14(24)21-16(15)23(22-10)17-19-6-3-7-20-17/h2-8,13H,9H2,1H3,(H,21,24). The van der Waals surface area contributed by atoms with Crippen molar-refractivity contribution in [3.63, 3.8) is 0 Å². The normalized spacial score (nSPS) is 16.6. The second-order valence-electron chi connectivity index (χ2n) is 5.67. The number of halogens is 1. The molecule has 1 unspecified atom stereocenters. The maximum atomic E-state index is 12.3. The molecule has 0 bridgehead atoms. The Morgan fingerprint density at radius 2 is 2.04 bits per heavy atom. The van der Waals surface area contributed by atoms with Crippen molar-refractivity contribution in [3.8, 4) is 5.95 Å². The molecule has 2 aromatic heterocycles. The third-order valence-corrected chi connectivity index (χ3v) is 4.33. The number of rotatable bonds is 2. The Morgan fingerprint density at radius 3 is 2.79 bits per heavy atom. The predicted octanol–water partition coefficient (Wildman–Crippen LogP) is 3.10. The SMILES string of the molecule is Cc1nn(-c2ncccn2)c2c1C(c1cccc(Cl)c1)CC(=O)N2. The molecule has 3 heterocycles. The summed E-state index contributed by atoms with van der Waals surface area (Å²) < 4.78 is 1.58. The molecule has 0 aliphatic carbocycles. The van der Waals surface area contributed by atoms with Gasteiger partial charge in [0, 0.05) is 35.3 Å². The van der Waals surface area contributed by atoms with Crippen LogP contribution in [-0.4, -0.2) is 25.7 Å². The molecule has 0 radical (unpaired) electrons. The van der Waals surface area contributed by atoms with Crippen LogP contribution < -0.4 is 5.32 Å². The third-order valence-electron chi connectivity index (χ3n) is 4.10. The zero-order valence-corrected chi connectivity index (χ0v) is 13.7. The van der Waals surface area contributed by atoms with Gasteiger partial charge in [-0.05, 0) is 30.7 Å². The first kappa shape index (κ1) is 14.8. The number of fused-ring (bicyclic) bond motifs is 1. The van der Waals surface area contributed by atoms with E-state index in [0.717, 1.165) is 16.8 Å². The number of amides is 1. The number of benzene rings is 1. The van der Waals surface area contributed by atoms with Crippen molar-refractivity contribution < 1.29 is 4.79 Å². The Balaban J connectivity index is 1.89. The first-order valence-corrected chi connectivity index (χ1v) is 7.93. The maximum absolute atomic E-state index is 12.3. The molecule has 24 heavy (non-hydrogen) atoms. The molecule has 0 fully saturated rings. The van der Waals surface area contributed by atoms with Crippen LogP contribution in [0.5, 0.6) is 0 Å². The van der Waals surface area contributed by atoms with Gasteiger partial charge in [0.25, 0.3) is 5.95 Å². The van der Waals surface area contributed by atoms with Crippen molar-refractivity contribution in [2.45, 2.75) is 19.3 Å². The van der Waals surface area contributed by atoms with E-state index < -0.39 is 0 Å². The molecule has 1 aliphatic heterocycles. The fraction of sp³-hybridized carbons (Fsp3) is 0.176. The van der Waals surface area contributed by atoms with Gasteiger partial charge in [-0.1, -0.05) is 23.7 Å². The van der Waals surface area contributed by atoms with E-state index in [-0.39, 0.29) is 11.8 Å². The lowest BCUT2D eigenvalue weighted by Crippen LogP contribution is -2.25. The summed E-state index contributed by atoms with van der Waals surface area (Å²) in [6, 6.07) is 9.33. The van der Waals surface area contributed by atoms with E-state index in [1.807, 2.05) is 31.2 Å². The molecule has 1 amide bonds. The number of aryl methyl sites for hydroxylation is 1. The molecule has 1 aromatic carbocycles. The number of nitrogens with one attached hydrogen (secondary N) is 1. The molecule has 1 N–H and O–H groups in total. The molecule has 3 aromatic rings. The summed E-state index contributed by atoms with van der Waals surface area (Å²) in [6.45, 7) is 1.92. The molecule has 0 spiro atoms. The molecular weight excluding hydrogens is 326 g/mol. The summed E-state index contributed by atoms with van der Waals surface area (Å²) in [7, 11) is 0. The highest BCUT2D eigenvalue weighted by Gasteiger charge is 2.33. The van der Waals surface area contributed by atoms with E-state index in [2.05, 4.69) is 20.4 Å². The van der Waals surface area contributed by atoms with E-state index >= 15 is 0 Å². The van der Waals surface area contributed by atoms with E-state index in [0.29, 0.717) is 23.2 Å². The molecule has 1 aliphatic rings. The highest BCUT2D eigenvalue weighted by molar-refractivity contribution is 6.30. The summed E-state index contributed by atoms with van der Waals surface area (Å²) >= 11 is 6.13. The van der Waals surface area contributed by atoms with Gasteiger partial charge in [0.2, 0.25) is 5.91 Å². The van der Waals surface area contributed by atoms with Gasteiger partial charge in [0.05, 0.1) is 5.69 Å². The molecule has 120 valence electrons. The minimum Gasteiger partial charge on any atom is -0.310 e. The largest absolute Gasteiger partial charge is 0.310 e. The summed E-state index contributed by atoms with van der Waals surface area (Å²) in [5.41, 5.74) is 2.81. The van der Waals surface area contributed by atoms with E-state index in [9.17, 15) is 4.79 Å². The molecule has 7 heteroatoms. The van der Waals surface area contributed by atoms with Crippen LogP contribution in [0.1, 0.15) is 29.2 Å². The van der Waals surface area contributed by atoms with Gasteiger partial charge in [-0.15, -0.1) is 0 Å². The van der Waals surface area contributed by atoms with Crippen LogP contribution >= 0.6 is 11.6 Å². The molecule has 0 saturated carbocycles. The van der Waals surface area contributed by atoms with Gasteiger partial charge in [-0.3, -0.25) is 4.79 Å². The van der Waals surface area contributed by atoms with E-state index in [1.165, 1.54) is 0 Å². The average Bonchev–Trinajstić information content (AvgIpc) is 2.91. The lowest BCUT2D eigenvalue weighted by molar-refractivity contribution is -0.116. The predicted molar refractivity (Wildman–Crippen MR) is 90.4 cm³/mol. The molecule has 0 saturated heterocycles. The van der Waals surface area contributed by atoms with Crippen LogP contribution in [0.4, 0.5) is 5.82 Å². The molecule has 6 nitrogen and oxygen atoms in total. The Bertz CT molecular complexity index is 922. The highest BCUT2D eigenvalue weighted by atomic mass is 35.5. The number of aromatic nitrogens is 4. The molecule has 1 atom stereocenters. The zero-order chi connectivity index (χ0) is 16.7. The van der Waals surface area contributed by atoms with Crippen molar-refractivity contribution in [2.24, 2.45) is 0 Å². The zero-order valence-electron chi connectivity index (χ0n) is 12.9. The minimum absolute atomic E-state index is 0.0652. The van der Waals surface area contributed by atoms with Crippen molar-refractivity contribution in [3.05, 3.63) is 64.6 Å². The number of hydrogen-bond acceptors (Lipinski definition) is 4. The summed E-state index contributed by atoms with van der Waals surface area (Å²) in [5.74, 6) is 0.892. The van der Waals surface area contributed by atoms with Crippen LogP contribution in [0.3, 0.4) is 0 Å². The van der Waals surface area contributed by atoms with Gasteiger partial charge in [0.1, 0.15) is 5.82 Å². The lowest BCUT2D eigenvalue weighted by Gasteiger charge is -2.24. The van der Waals surface area contributed by atoms with Crippen molar-refractivity contribution in [1.29, 1.82) is 0 Å². The Morgan fingerprint density at radius 1 is 1.25 bits per heavy atom. The first-order valence-electron chi connectivity index (χ1n) is 7.55. The van der Waals surface area contributed by atoms with Gasteiger partial charge >= 0.3 is 0 Å². The minimum atomic E-state index is -0.0927. The monoisotopic (exact) mass is 339 g/mol. The fourth-order valence-electron chi connectivity index (χ4n) is 3.10. The Kier molecular flexibility index (Phi) is 3.54. The molecule has 4 rings (SSSR count). The second kappa shape index (κ2) is 5.72. The first-order chi connectivity index (χ1) is 11.6. The average molecular weight is 340 g/mol. The summed E-state index contributed by atoms with van der Waals surface area (Å²) in [5, 5.41) is 8.10. The highest BCUT2D eigenvalue weighted by Crippen LogP contribution is 2.40. The molecular formula is C17H14ClN5O. The van der Waals surface area contributed by atoms with Crippen LogP contribution in [-0.2, 0) is 4.79 Å². The van der Waals surface area contributed by atoms with Crippen LogP contribution in [0.2, 0.25) is 5.02 Å². The topological polar surface area (TPSA) is 72.7 Å². The number of anilines is 1. The summed E-state index contributed by atoms with van der Waals surface area (Å²) in [6.07, 6.45) is 3.64. The van der Waals surface area contributed by atoms with Gasteiger partial charge in [-0.2, -0.15) is 9.78 Å². The van der Waals surface area contributed by atoms with Crippen LogP contribution in [0.25, 0.3) is 5.95 Å². The quantitative estimate of drug-likeness (QED) is 0.778. The van der Waals surface area contributed by atoms with Crippen molar-refractivity contribution in [1.82, 2.24) is 19.7 Å². The second-order valence-corrected chi connectivity index (χ2v) is 6.10.